The summed E-state index contributed by atoms with van der Waals surface area (Å²) in [5.41, 5.74) is 0.868. The molecule has 21 heavy (non-hydrogen) atoms. The minimum atomic E-state index is -0.339. The maximum Gasteiger partial charge on any atom is 0.222 e. The maximum absolute atomic E-state index is 12.1. The highest BCUT2D eigenvalue weighted by Crippen LogP contribution is 2.19. The molecule has 0 radical (unpaired) electrons. The van der Waals surface area contributed by atoms with E-state index in [1.165, 1.54) is 6.92 Å². The second kappa shape index (κ2) is 8.67. The molecule has 1 rings (SSSR count). The Morgan fingerprint density at radius 3 is 2.33 bits per heavy atom. The van der Waals surface area contributed by atoms with Crippen LogP contribution in [-0.4, -0.2) is 17.9 Å². The van der Waals surface area contributed by atoms with Gasteiger partial charge in [-0.2, -0.15) is 0 Å². The van der Waals surface area contributed by atoms with Gasteiger partial charge in [0.25, 0.3) is 0 Å². The minimum Gasteiger partial charge on any atom is -0.354 e. The zero-order valence-electron chi connectivity index (χ0n) is 12.8. The van der Waals surface area contributed by atoms with Gasteiger partial charge in [0.1, 0.15) is 0 Å². The highest BCUT2D eigenvalue weighted by Gasteiger charge is 2.18. The average molecular weight is 311 g/mol. The molecule has 0 heterocycles. The number of rotatable bonds is 7. The minimum absolute atomic E-state index is 0.0651. The summed E-state index contributed by atoms with van der Waals surface area (Å²) in [7, 11) is 0. The van der Waals surface area contributed by atoms with Gasteiger partial charge < -0.3 is 10.6 Å². The lowest BCUT2D eigenvalue weighted by Gasteiger charge is -2.20. The Hall–Kier alpha value is -1.55. The molecule has 2 N–H and O–H groups in total. The zero-order chi connectivity index (χ0) is 15.8. The predicted molar refractivity (Wildman–Crippen MR) is 85.1 cm³/mol. The Bertz CT molecular complexity index is 474. The summed E-state index contributed by atoms with van der Waals surface area (Å²) >= 11 is 5.86. The first-order chi connectivity index (χ1) is 9.92. The van der Waals surface area contributed by atoms with Crippen molar-refractivity contribution in [2.24, 2.45) is 0 Å². The molecule has 0 aliphatic carbocycles. The first-order valence-corrected chi connectivity index (χ1v) is 7.62. The van der Waals surface area contributed by atoms with E-state index in [1.807, 2.05) is 19.1 Å². The van der Waals surface area contributed by atoms with Crippen LogP contribution in [0, 0.1) is 0 Å². The molecular weight excluding hydrogens is 288 g/mol. The molecular formula is C16H23ClN2O2. The van der Waals surface area contributed by atoms with Crippen LogP contribution in [0.2, 0.25) is 5.02 Å². The van der Waals surface area contributed by atoms with Gasteiger partial charge >= 0.3 is 0 Å². The van der Waals surface area contributed by atoms with Crippen LogP contribution in [0.5, 0.6) is 0 Å². The first kappa shape index (κ1) is 17.5. The summed E-state index contributed by atoms with van der Waals surface area (Å²) in [6.07, 6.45) is 2.18. The number of carbonyl (C=O) groups is 2. The van der Waals surface area contributed by atoms with Crippen molar-refractivity contribution in [3.63, 3.8) is 0 Å². The van der Waals surface area contributed by atoms with E-state index in [0.29, 0.717) is 5.02 Å². The molecule has 0 unspecified atom stereocenters. The third-order valence-electron chi connectivity index (χ3n) is 3.17. The first-order valence-electron chi connectivity index (χ1n) is 7.24. The number of benzene rings is 1. The Labute approximate surface area is 131 Å². The number of amides is 2. The quantitative estimate of drug-likeness (QED) is 0.812. The van der Waals surface area contributed by atoms with Gasteiger partial charge in [-0.15, -0.1) is 0 Å². The molecule has 0 saturated carbocycles. The second-order valence-corrected chi connectivity index (χ2v) is 5.70. The molecule has 4 nitrogen and oxygen atoms in total. The molecule has 116 valence electrons. The lowest BCUT2D eigenvalue weighted by Crippen LogP contribution is -2.36. The van der Waals surface area contributed by atoms with Gasteiger partial charge in [-0.3, -0.25) is 9.59 Å². The van der Waals surface area contributed by atoms with Crippen molar-refractivity contribution >= 4 is 23.4 Å². The maximum atomic E-state index is 12.1. The Morgan fingerprint density at radius 2 is 1.81 bits per heavy atom. The predicted octanol–water partition coefficient (Wildman–Crippen LogP) is 3.21. The number of nitrogens with one attached hydrogen (secondary N) is 2. The van der Waals surface area contributed by atoms with Crippen LogP contribution in [-0.2, 0) is 9.59 Å². The molecule has 0 aromatic heterocycles. The van der Waals surface area contributed by atoms with Crippen molar-refractivity contribution in [2.75, 3.05) is 0 Å². The third kappa shape index (κ3) is 6.63. The molecule has 2 atom stereocenters. The highest BCUT2D eigenvalue weighted by atomic mass is 35.5. The van der Waals surface area contributed by atoms with E-state index in [9.17, 15) is 9.59 Å². The van der Waals surface area contributed by atoms with Crippen LogP contribution in [0.15, 0.2) is 24.3 Å². The van der Waals surface area contributed by atoms with Crippen molar-refractivity contribution in [3.05, 3.63) is 34.9 Å². The Morgan fingerprint density at radius 1 is 1.19 bits per heavy atom. The Kier molecular flexibility index (Phi) is 7.23. The van der Waals surface area contributed by atoms with E-state index in [1.54, 1.807) is 12.1 Å². The lowest BCUT2D eigenvalue weighted by atomic mass is 10.0. The monoisotopic (exact) mass is 310 g/mol. The third-order valence-corrected chi connectivity index (χ3v) is 3.42. The fourth-order valence-corrected chi connectivity index (χ4v) is 2.34. The van der Waals surface area contributed by atoms with Crippen LogP contribution < -0.4 is 10.6 Å². The largest absolute Gasteiger partial charge is 0.354 e. The molecule has 1 aromatic carbocycles. The van der Waals surface area contributed by atoms with E-state index in [-0.39, 0.29) is 30.3 Å². The van der Waals surface area contributed by atoms with Crippen molar-refractivity contribution in [2.45, 2.75) is 52.1 Å². The molecule has 0 aliphatic rings. The van der Waals surface area contributed by atoms with Crippen LogP contribution in [0.4, 0.5) is 0 Å². The van der Waals surface area contributed by atoms with E-state index in [2.05, 4.69) is 17.6 Å². The number of halogens is 1. The molecule has 2 amide bonds. The summed E-state index contributed by atoms with van der Waals surface area (Å²) in [6, 6.07) is 6.96. The average Bonchev–Trinajstić information content (AvgIpc) is 2.38. The fraction of sp³-hybridized carbons (Fsp3) is 0.500. The standard InChI is InChI=1S/C16H23ClN2O2/c1-4-5-11(2)18-16(21)10-15(19-12(3)20)13-6-8-14(17)9-7-13/h6-9,11,15H,4-5,10H2,1-3H3,(H,18,21)(H,19,20)/t11-,15+/m0/s1. The van der Waals surface area contributed by atoms with E-state index in [4.69, 9.17) is 11.6 Å². The number of hydrogen-bond donors (Lipinski definition) is 2. The van der Waals surface area contributed by atoms with Gasteiger partial charge in [-0.1, -0.05) is 37.1 Å². The van der Waals surface area contributed by atoms with Crippen LogP contribution in [0.25, 0.3) is 0 Å². The zero-order valence-corrected chi connectivity index (χ0v) is 13.5. The smallest absolute Gasteiger partial charge is 0.222 e. The molecule has 0 saturated heterocycles. The van der Waals surface area contributed by atoms with Gasteiger partial charge in [0.15, 0.2) is 0 Å². The Balaban J connectivity index is 2.72. The van der Waals surface area contributed by atoms with Gasteiger partial charge in [0, 0.05) is 18.0 Å². The van der Waals surface area contributed by atoms with E-state index < -0.39 is 0 Å². The highest BCUT2D eigenvalue weighted by molar-refractivity contribution is 6.30. The number of carbonyl (C=O) groups excluding carboxylic acids is 2. The summed E-state index contributed by atoms with van der Waals surface area (Å²) in [4.78, 5) is 23.4. The number of hydrogen-bond acceptors (Lipinski definition) is 2. The topological polar surface area (TPSA) is 58.2 Å². The van der Waals surface area contributed by atoms with Crippen LogP contribution in [0.1, 0.15) is 51.6 Å². The van der Waals surface area contributed by atoms with Crippen LogP contribution >= 0.6 is 11.6 Å². The van der Waals surface area contributed by atoms with Crippen molar-refractivity contribution in [1.82, 2.24) is 10.6 Å². The summed E-state index contributed by atoms with van der Waals surface area (Å²) < 4.78 is 0. The normalized spacial score (nSPS) is 13.3. The summed E-state index contributed by atoms with van der Waals surface area (Å²) in [5.74, 6) is -0.228. The molecule has 0 fully saturated rings. The van der Waals surface area contributed by atoms with Crippen molar-refractivity contribution in [3.8, 4) is 0 Å². The van der Waals surface area contributed by atoms with E-state index in [0.717, 1.165) is 18.4 Å². The van der Waals surface area contributed by atoms with Gasteiger partial charge in [0.05, 0.1) is 12.5 Å². The molecule has 0 bridgehead atoms. The van der Waals surface area contributed by atoms with Gasteiger partial charge in [-0.05, 0) is 31.0 Å². The molecule has 0 aliphatic heterocycles. The molecule has 5 heteroatoms. The van der Waals surface area contributed by atoms with E-state index >= 15 is 0 Å². The van der Waals surface area contributed by atoms with Gasteiger partial charge in [-0.25, -0.2) is 0 Å². The van der Waals surface area contributed by atoms with Crippen molar-refractivity contribution < 1.29 is 9.59 Å². The summed E-state index contributed by atoms with van der Waals surface area (Å²) in [5, 5.41) is 6.38. The fourth-order valence-electron chi connectivity index (χ4n) is 2.22. The molecule has 1 aromatic rings. The molecule has 0 spiro atoms. The summed E-state index contributed by atoms with van der Waals surface area (Å²) in [6.45, 7) is 5.51. The van der Waals surface area contributed by atoms with Crippen molar-refractivity contribution in [1.29, 1.82) is 0 Å². The lowest BCUT2D eigenvalue weighted by molar-refractivity contribution is -0.123. The second-order valence-electron chi connectivity index (χ2n) is 5.27. The SMILES string of the molecule is CCC[C@H](C)NC(=O)C[C@@H](NC(C)=O)c1ccc(Cl)cc1. The van der Waals surface area contributed by atoms with Crippen LogP contribution in [0.3, 0.4) is 0 Å². The van der Waals surface area contributed by atoms with Gasteiger partial charge in [0.2, 0.25) is 11.8 Å².